The van der Waals surface area contributed by atoms with Crippen molar-refractivity contribution >= 4 is 65.4 Å². The molecule has 0 bridgehead atoms. The molecule has 0 fully saturated rings. The zero-order chi connectivity index (χ0) is 46.2. The van der Waals surface area contributed by atoms with Crippen LogP contribution in [0.15, 0.2) is 273 Å². The van der Waals surface area contributed by atoms with Gasteiger partial charge in [-0.15, -0.1) is 0 Å². The van der Waals surface area contributed by atoms with Gasteiger partial charge in [-0.3, -0.25) is 0 Å². The molecular formula is C67H45N3. The van der Waals surface area contributed by atoms with E-state index >= 15 is 0 Å². The van der Waals surface area contributed by atoms with E-state index in [2.05, 4.69) is 287 Å². The van der Waals surface area contributed by atoms with Crippen molar-refractivity contribution in [3.63, 3.8) is 0 Å². The average Bonchev–Trinajstić information content (AvgIpc) is 4.07. The van der Waals surface area contributed by atoms with Gasteiger partial charge in [-0.1, -0.05) is 206 Å². The van der Waals surface area contributed by atoms with E-state index in [0.717, 1.165) is 33.7 Å². The molecule has 3 aromatic heterocycles. The SMILES string of the molecule is c1ccc(C(c2ccccc2)(c2ccccc2)c2ccc3c(c2)c2ccccc2n3-c2ccccc2-c2ccccc2-n2c3ccccc3c3cc(-n4c5ccccc5c5ccccc54)ccc32)cc1. The summed E-state index contributed by atoms with van der Waals surface area (Å²) in [5.74, 6) is 0. The van der Waals surface area contributed by atoms with Crippen LogP contribution < -0.4 is 0 Å². The van der Waals surface area contributed by atoms with E-state index in [1.54, 1.807) is 0 Å². The summed E-state index contributed by atoms with van der Waals surface area (Å²) in [5.41, 5.74) is 17.1. The smallest absolute Gasteiger partial charge is 0.0701 e. The standard InChI is InChI=1S/C67H45N3/c1-4-22-46(23-5-1)67(47-24-6-2-7-25-47,48-26-8-3-9-27-48)49-40-42-65-57(44-49)55-32-14-20-38-63(55)69(65)61-36-18-12-30-53(61)54-31-13-19-37-62(54)70-64-39-21-15-33-56(64)58-45-50(41-43-66(58)70)68-59-34-16-10-28-51(59)52-29-11-17-35-60(52)68/h1-45H. The summed E-state index contributed by atoms with van der Waals surface area (Å²) in [6.07, 6.45) is 0. The van der Waals surface area contributed by atoms with E-state index in [1.807, 2.05) is 0 Å². The summed E-state index contributed by atoms with van der Waals surface area (Å²) in [4.78, 5) is 0. The Morgan fingerprint density at radius 1 is 0.214 bits per heavy atom. The second-order valence-corrected chi connectivity index (χ2v) is 18.4. The highest BCUT2D eigenvalue weighted by atomic mass is 15.0. The van der Waals surface area contributed by atoms with E-state index in [4.69, 9.17) is 0 Å². The number of hydrogen-bond acceptors (Lipinski definition) is 0. The number of fused-ring (bicyclic) bond motifs is 9. The molecular weight excluding hydrogens is 847 g/mol. The van der Waals surface area contributed by atoms with Gasteiger partial charge >= 0.3 is 0 Å². The molecule has 0 aliphatic rings. The van der Waals surface area contributed by atoms with Crippen LogP contribution in [0.25, 0.3) is 93.6 Å². The second kappa shape index (κ2) is 16.0. The van der Waals surface area contributed by atoms with Crippen LogP contribution >= 0.6 is 0 Å². The first-order valence-electron chi connectivity index (χ1n) is 24.2. The third-order valence-electron chi connectivity index (χ3n) is 14.8. The lowest BCUT2D eigenvalue weighted by Gasteiger charge is -2.37. The first kappa shape index (κ1) is 39.9. The van der Waals surface area contributed by atoms with Crippen molar-refractivity contribution in [3.05, 3.63) is 295 Å². The molecule has 328 valence electrons. The fourth-order valence-corrected chi connectivity index (χ4v) is 11.9. The summed E-state index contributed by atoms with van der Waals surface area (Å²) < 4.78 is 7.38. The van der Waals surface area contributed by atoms with Gasteiger partial charge < -0.3 is 13.7 Å². The van der Waals surface area contributed by atoms with Crippen LogP contribution in [0.2, 0.25) is 0 Å². The topological polar surface area (TPSA) is 14.8 Å². The predicted molar refractivity (Wildman–Crippen MR) is 293 cm³/mol. The Kier molecular flexibility index (Phi) is 9.11. The van der Waals surface area contributed by atoms with Gasteiger partial charge in [-0.05, 0) is 89.0 Å². The molecule has 0 aliphatic heterocycles. The normalized spacial score (nSPS) is 12.0. The number of nitrogens with zero attached hydrogens (tertiary/aromatic N) is 3. The van der Waals surface area contributed by atoms with Crippen LogP contribution in [-0.4, -0.2) is 13.7 Å². The second-order valence-electron chi connectivity index (χ2n) is 18.4. The highest BCUT2D eigenvalue weighted by Gasteiger charge is 2.38. The van der Waals surface area contributed by atoms with E-state index in [0.29, 0.717) is 0 Å². The number of hydrogen-bond donors (Lipinski definition) is 0. The first-order chi connectivity index (χ1) is 34.8. The Morgan fingerprint density at radius 3 is 1.00 bits per heavy atom. The van der Waals surface area contributed by atoms with Crippen molar-refractivity contribution in [2.75, 3.05) is 0 Å². The number of para-hydroxylation sites is 6. The molecule has 0 aliphatic carbocycles. The fraction of sp³-hybridized carbons (Fsp3) is 0.0149. The lowest BCUT2D eigenvalue weighted by atomic mass is 9.65. The minimum atomic E-state index is -0.565. The lowest BCUT2D eigenvalue weighted by molar-refractivity contribution is 0.746. The van der Waals surface area contributed by atoms with Gasteiger partial charge in [-0.2, -0.15) is 0 Å². The Bertz CT molecular complexity index is 4140. The van der Waals surface area contributed by atoms with Crippen molar-refractivity contribution < 1.29 is 0 Å². The van der Waals surface area contributed by atoms with Gasteiger partial charge in [0.2, 0.25) is 0 Å². The Morgan fingerprint density at radius 2 is 0.543 bits per heavy atom. The van der Waals surface area contributed by atoms with Crippen molar-refractivity contribution in [1.29, 1.82) is 0 Å². The molecule has 0 spiro atoms. The molecule has 0 atom stereocenters. The van der Waals surface area contributed by atoms with Crippen LogP contribution in [0, 0.1) is 0 Å². The summed E-state index contributed by atoms with van der Waals surface area (Å²) in [7, 11) is 0. The summed E-state index contributed by atoms with van der Waals surface area (Å²) in [5, 5.41) is 7.39. The van der Waals surface area contributed by atoms with E-state index in [-0.39, 0.29) is 0 Å². The highest BCUT2D eigenvalue weighted by Crippen LogP contribution is 2.48. The molecule has 0 unspecified atom stereocenters. The van der Waals surface area contributed by atoms with Gasteiger partial charge in [0.15, 0.2) is 0 Å². The largest absolute Gasteiger partial charge is 0.309 e. The molecule has 0 amide bonds. The zero-order valence-electron chi connectivity index (χ0n) is 38.3. The Labute approximate surface area is 406 Å². The lowest BCUT2D eigenvalue weighted by Crippen LogP contribution is -2.30. The molecule has 3 heteroatoms. The van der Waals surface area contributed by atoms with Crippen LogP contribution in [0.4, 0.5) is 0 Å². The molecule has 11 aromatic carbocycles. The van der Waals surface area contributed by atoms with E-state index in [9.17, 15) is 0 Å². The third-order valence-corrected chi connectivity index (χ3v) is 14.8. The zero-order valence-corrected chi connectivity index (χ0v) is 38.3. The molecule has 3 nitrogen and oxygen atoms in total. The fourth-order valence-electron chi connectivity index (χ4n) is 11.9. The molecule has 0 N–H and O–H groups in total. The van der Waals surface area contributed by atoms with Crippen LogP contribution in [-0.2, 0) is 5.41 Å². The minimum absolute atomic E-state index is 0.565. The molecule has 0 saturated heterocycles. The van der Waals surface area contributed by atoms with E-state index < -0.39 is 5.41 Å². The van der Waals surface area contributed by atoms with Gasteiger partial charge in [0.1, 0.15) is 0 Å². The predicted octanol–water partition coefficient (Wildman–Crippen LogP) is 17.0. The molecule has 14 rings (SSSR count). The van der Waals surface area contributed by atoms with Crippen LogP contribution in [0.3, 0.4) is 0 Å². The molecule has 70 heavy (non-hydrogen) atoms. The van der Waals surface area contributed by atoms with Gasteiger partial charge in [-0.25, -0.2) is 0 Å². The van der Waals surface area contributed by atoms with Crippen molar-refractivity contribution in [2.24, 2.45) is 0 Å². The Balaban J connectivity index is 0.978. The monoisotopic (exact) mass is 891 g/mol. The third kappa shape index (κ3) is 5.88. The van der Waals surface area contributed by atoms with Crippen LogP contribution in [0.5, 0.6) is 0 Å². The average molecular weight is 892 g/mol. The summed E-state index contributed by atoms with van der Waals surface area (Å²) in [6.45, 7) is 0. The highest BCUT2D eigenvalue weighted by molar-refractivity contribution is 6.13. The first-order valence-corrected chi connectivity index (χ1v) is 24.2. The number of rotatable bonds is 8. The van der Waals surface area contributed by atoms with Crippen molar-refractivity contribution in [3.8, 4) is 28.2 Å². The van der Waals surface area contributed by atoms with Gasteiger partial charge in [0.25, 0.3) is 0 Å². The van der Waals surface area contributed by atoms with Gasteiger partial charge in [0, 0.05) is 49.1 Å². The molecule has 14 aromatic rings. The van der Waals surface area contributed by atoms with Crippen molar-refractivity contribution in [1.82, 2.24) is 13.7 Å². The summed E-state index contributed by atoms with van der Waals surface area (Å²) >= 11 is 0. The molecule has 3 heterocycles. The molecule has 0 saturated carbocycles. The number of aromatic nitrogens is 3. The van der Waals surface area contributed by atoms with E-state index in [1.165, 1.54) is 82.2 Å². The molecule has 0 radical (unpaired) electrons. The van der Waals surface area contributed by atoms with Crippen molar-refractivity contribution in [2.45, 2.75) is 5.41 Å². The number of benzene rings is 11. The maximum Gasteiger partial charge on any atom is 0.0701 e. The maximum atomic E-state index is 2.49. The quantitative estimate of drug-likeness (QED) is 0.135. The maximum absolute atomic E-state index is 2.49. The summed E-state index contributed by atoms with van der Waals surface area (Å²) in [6, 6.07) is 100. The van der Waals surface area contributed by atoms with Crippen LogP contribution in [0.1, 0.15) is 22.3 Å². The minimum Gasteiger partial charge on any atom is -0.309 e. The Hall–Kier alpha value is -9.18. The van der Waals surface area contributed by atoms with Gasteiger partial charge in [0.05, 0.1) is 49.9 Å².